The molecule has 0 aliphatic heterocycles. The first-order valence-corrected chi connectivity index (χ1v) is 8.87. The van der Waals surface area contributed by atoms with Gasteiger partial charge in [-0.1, -0.05) is 24.3 Å². The monoisotopic (exact) mass is 365 g/mol. The van der Waals surface area contributed by atoms with Crippen molar-refractivity contribution in [1.29, 1.82) is 0 Å². The average molecular weight is 365 g/mol. The molecule has 140 valence electrons. The van der Waals surface area contributed by atoms with Crippen LogP contribution in [0.15, 0.2) is 54.7 Å². The van der Waals surface area contributed by atoms with E-state index in [1.807, 2.05) is 37.4 Å². The third-order valence-electron chi connectivity index (χ3n) is 4.44. The average Bonchev–Trinajstić information content (AvgIpc) is 3.09. The highest BCUT2D eigenvalue weighted by molar-refractivity contribution is 5.95. The van der Waals surface area contributed by atoms with Crippen LogP contribution in [0.1, 0.15) is 12.5 Å². The number of para-hydroxylation sites is 1. The number of carbonyl (C=O) groups excluding carboxylic acids is 2. The number of nitrogens with one attached hydrogen (secondary N) is 2. The molecule has 0 fully saturated rings. The third kappa shape index (κ3) is 4.47. The molecule has 0 unspecified atom stereocenters. The Morgan fingerprint density at radius 3 is 2.74 bits per heavy atom. The quantitative estimate of drug-likeness (QED) is 0.675. The summed E-state index contributed by atoms with van der Waals surface area (Å²) in [5, 5.41) is 3.84. The summed E-state index contributed by atoms with van der Waals surface area (Å²) in [6.07, 6.45) is 2.11. The molecule has 0 spiro atoms. The largest absolute Gasteiger partial charge is 0.497 e. The van der Waals surface area contributed by atoms with Crippen molar-refractivity contribution < 1.29 is 14.3 Å². The molecule has 2 aromatic carbocycles. The zero-order valence-electron chi connectivity index (χ0n) is 15.5. The molecule has 0 radical (unpaired) electrons. The van der Waals surface area contributed by atoms with Crippen LogP contribution in [0, 0.1) is 0 Å². The molecule has 0 atom stereocenters. The zero-order valence-corrected chi connectivity index (χ0v) is 15.5. The van der Waals surface area contributed by atoms with E-state index in [1.165, 1.54) is 0 Å². The molecule has 0 aliphatic carbocycles. The Hall–Kier alpha value is -3.28. The number of anilines is 1. The summed E-state index contributed by atoms with van der Waals surface area (Å²) >= 11 is 0. The van der Waals surface area contributed by atoms with Crippen LogP contribution in [0.5, 0.6) is 5.75 Å². The molecule has 0 bridgehead atoms. The molecular formula is C21H23N3O3. The van der Waals surface area contributed by atoms with Crippen molar-refractivity contribution in [3.05, 3.63) is 60.3 Å². The van der Waals surface area contributed by atoms with E-state index in [2.05, 4.69) is 10.3 Å². The number of aromatic nitrogens is 1. The molecule has 6 heteroatoms. The number of rotatable bonds is 7. The Bertz CT molecular complexity index is 949. The molecule has 0 saturated heterocycles. The lowest BCUT2D eigenvalue weighted by Crippen LogP contribution is -2.38. The second-order valence-electron chi connectivity index (χ2n) is 6.22. The Morgan fingerprint density at radius 2 is 1.96 bits per heavy atom. The molecular weight excluding hydrogens is 342 g/mol. The number of amides is 2. The van der Waals surface area contributed by atoms with Gasteiger partial charge in [0, 0.05) is 35.4 Å². The molecule has 3 rings (SSSR count). The van der Waals surface area contributed by atoms with Crippen molar-refractivity contribution >= 4 is 28.4 Å². The molecule has 0 aliphatic rings. The van der Waals surface area contributed by atoms with E-state index in [0.29, 0.717) is 18.0 Å². The van der Waals surface area contributed by atoms with E-state index in [-0.39, 0.29) is 24.8 Å². The Kier molecular flexibility index (Phi) is 5.76. The van der Waals surface area contributed by atoms with Crippen molar-refractivity contribution in [2.24, 2.45) is 0 Å². The number of nitrogens with zero attached hydrogens (tertiary/aromatic N) is 1. The predicted molar refractivity (Wildman–Crippen MR) is 106 cm³/mol. The molecule has 1 heterocycles. The van der Waals surface area contributed by atoms with Gasteiger partial charge in [0.1, 0.15) is 5.75 Å². The maximum Gasteiger partial charge on any atom is 0.243 e. The third-order valence-corrected chi connectivity index (χ3v) is 4.44. The van der Waals surface area contributed by atoms with Crippen molar-refractivity contribution in [3.8, 4) is 5.75 Å². The van der Waals surface area contributed by atoms with Gasteiger partial charge in [0.05, 0.1) is 20.1 Å². The van der Waals surface area contributed by atoms with Crippen molar-refractivity contribution in [2.45, 2.75) is 13.3 Å². The fourth-order valence-electron chi connectivity index (χ4n) is 3.00. The standard InChI is InChI=1S/C21H23N3O3/c1-3-24(14-20(25)23-16-7-6-8-17(12-16)27-2)21(26)11-15-13-22-19-10-5-4-9-18(15)19/h4-10,12-13,22H,3,11,14H2,1-2H3,(H,23,25). The van der Waals surface area contributed by atoms with Gasteiger partial charge in [-0.25, -0.2) is 0 Å². The van der Waals surface area contributed by atoms with Crippen molar-refractivity contribution in [1.82, 2.24) is 9.88 Å². The van der Waals surface area contributed by atoms with Crippen LogP contribution in [0.4, 0.5) is 5.69 Å². The molecule has 2 N–H and O–H groups in total. The second-order valence-corrected chi connectivity index (χ2v) is 6.22. The summed E-state index contributed by atoms with van der Waals surface area (Å²) < 4.78 is 5.15. The lowest BCUT2D eigenvalue weighted by Gasteiger charge is -2.20. The number of likely N-dealkylation sites (N-methyl/N-ethyl adjacent to an activating group) is 1. The summed E-state index contributed by atoms with van der Waals surface area (Å²) in [5.74, 6) is 0.344. The minimum atomic E-state index is -0.239. The smallest absolute Gasteiger partial charge is 0.243 e. The molecule has 1 aromatic heterocycles. The zero-order chi connectivity index (χ0) is 19.2. The van der Waals surface area contributed by atoms with Gasteiger partial charge in [0.25, 0.3) is 0 Å². The fraction of sp³-hybridized carbons (Fsp3) is 0.238. The van der Waals surface area contributed by atoms with E-state index in [1.54, 1.807) is 36.3 Å². The number of aromatic amines is 1. The van der Waals surface area contributed by atoms with Gasteiger partial charge in [-0.15, -0.1) is 0 Å². The topological polar surface area (TPSA) is 74.4 Å². The fourth-order valence-corrected chi connectivity index (χ4v) is 3.00. The Balaban J connectivity index is 1.63. The summed E-state index contributed by atoms with van der Waals surface area (Å²) in [4.78, 5) is 29.8. The summed E-state index contributed by atoms with van der Waals surface area (Å²) in [5.41, 5.74) is 2.57. The lowest BCUT2D eigenvalue weighted by molar-refractivity contribution is -0.133. The number of hydrogen-bond donors (Lipinski definition) is 2. The first-order chi connectivity index (χ1) is 13.1. The van der Waals surface area contributed by atoms with Crippen LogP contribution in [-0.4, -0.2) is 41.9 Å². The highest BCUT2D eigenvalue weighted by atomic mass is 16.5. The minimum Gasteiger partial charge on any atom is -0.497 e. The number of fused-ring (bicyclic) bond motifs is 1. The maximum atomic E-state index is 12.7. The normalized spacial score (nSPS) is 10.6. The molecule has 0 saturated carbocycles. The van der Waals surface area contributed by atoms with Crippen LogP contribution >= 0.6 is 0 Å². The number of hydrogen-bond acceptors (Lipinski definition) is 3. The number of H-pyrrole nitrogens is 1. The summed E-state index contributed by atoms with van der Waals surface area (Å²) in [6, 6.07) is 15.0. The van der Waals surface area contributed by atoms with Crippen molar-refractivity contribution in [2.75, 3.05) is 25.5 Å². The van der Waals surface area contributed by atoms with Crippen LogP contribution in [0.25, 0.3) is 10.9 Å². The second kappa shape index (κ2) is 8.40. The van der Waals surface area contributed by atoms with Gasteiger partial charge >= 0.3 is 0 Å². The van der Waals surface area contributed by atoms with Gasteiger partial charge in [-0.3, -0.25) is 9.59 Å². The highest BCUT2D eigenvalue weighted by Crippen LogP contribution is 2.19. The molecule has 3 aromatic rings. The summed E-state index contributed by atoms with van der Waals surface area (Å²) in [7, 11) is 1.57. The maximum absolute atomic E-state index is 12.7. The van der Waals surface area contributed by atoms with Crippen LogP contribution in [-0.2, 0) is 16.0 Å². The Labute approximate surface area is 158 Å². The van der Waals surface area contributed by atoms with E-state index in [0.717, 1.165) is 16.5 Å². The van der Waals surface area contributed by atoms with Gasteiger partial charge in [-0.05, 0) is 30.7 Å². The Morgan fingerprint density at radius 1 is 1.15 bits per heavy atom. The summed E-state index contributed by atoms with van der Waals surface area (Å²) in [6.45, 7) is 2.34. The lowest BCUT2D eigenvalue weighted by atomic mass is 10.1. The van der Waals surface area contributed by atoms with E-state index in [4.69, 9.17) is 4.74 Å². The van der Waals surface area contributed by atoms with Gasteiger partial charge in [0.15, 0.2) is 0 Å². The predicted octanol–water partition coefficient (Wildman–Crippen LogP) is 3.21. The number of methoxy groups -OCH3 is 1. The molecule has 6 nitrogen and oxygen atoms in total. The molecule has 2 amide bonds. The van der Waals surface area contributed by atoms with Gasteiger partial charge in [-0.2, -0.15) is 0 Å². The van der Waals surface area contributed by atoms with Crippen LogP contribution in [0.2, 0.25) is 0 Å². The van der Waals surface area contributed by atoms with Crippen molar-refractivity contribution in [3.63, 3.8) is 0 Å². The van der Waals surface area contributed by atoms with Crippen LogP contribution in [0.3, 0.4) is 0 Å². The first kappa shape index (κ1) is 18.5. The van der Waals surface area contributed by atoms with Crippen LogP contribution < -0.4 is 10.1 Å². The number of carbonyl (C=O) groups is 2. The van der Waals surface area contributed by atoms with Gasteiger partial charge < -0.3 is 19.9 Å². The van der Waals surface area contributed by atoms with Gasteiger partial charge in [0.2, 0.25) is 11.8 Å². The number of ether oxygens (including phenoxy) is 1. The molecule has 27 heavy (non-hydrogen) atoms. The minimum absolute atomic E-state index is 0.00883. The first-order valence-electron chi connectivity index (χ1n) is 8.87. The van der Waals surface area contributed by atoms with E-state index in [9.17, 15) is 9.59 Å². The number of benzene rings is 2. The SMILES string of the molecule is CCN(CC(=O)Nc1cccc(OC)c1)C(=O)Cc1c[nH]c2ccccc12. The highest BCUT2D eigenvalue weighted by Gasteiger charge is 2.17. The van der Waals surface area contributed by atoms with E-state index < -0.39 is 0 Å². The van der Waals surface area contributed by atoms with E-state index >= 15 is 0 Å².